The van der Waals surface area contributed by atoms with Crippen molar-refractivity contribution in [1.82, 2.24) is 14.5 Å². The summed E-state index contributed by atoms with van der Waals surface area (Å²) in [7, 11) is 0. The number of nitrogens with two attached hydrogens (primary N) is 1. The first-order chi connectivity index (χ1) is 13.5. The van der Waals surface area contributed by atoms with Gasteiger partial charge in [-0.05, 0) is 22.6 Å². The number of fused-ring (bicyclic) bond motifs is 1. The molecule has 3 N–H and O–H groups in total. The van der Waals surface area contributed by atoms with E-state index >= 15 is 4.39 Å². The number of carbonyl (C=O) groups excluding carboxylic acids is 1. The number of alkyl halides is 1. The average molecular weight is 504 g/mol. The molecule has 150 valence electrons. The molecule has 0 aromatic carbocycles. The number of nitrogen functional groups attached to an aromatic ring is 1. The van der Waals surface area contributed by atoms with Gasteiger partial charge in [-0.3, -0.25) is 0 Å². The molecule has 1 saturated heterocycles. The number of aliphatic hydroxyl groups is 1. The second kappa shape index (κ2) is 7.79. The zero-order chi connectivity index (χ0) is 19.8. The zero-order valence-electron chi connectivity index (χ0n) is 14.6. The zero-order valence-corrected chi connectivity index (χ0v) is 16.7. The maximum absolute atomic E-state index is 15.2. The van der Waals surface area contributed by atoms with Crippen LogP contribution >= 0.6 is 22.6 Å². The summed E-state index contributed by atoms with van der Waals surface area (Å²) in [5.41, 5.74) is 6.28. The van der Waals surface area contributed by atoms with Crippen molar-refractivity contribution in [3.05, 3.63) is 28.2 Å². The highest BCUT2D eigenvalue weighted by atomic mass is 127. The van der Waals surface area contributed by atoms with Crippen LogP contribution in [0.2, 0.25) is 0 Å². The second-order valence-electron chi connectivity index (χ2n) is 6.55. The van der Waals surface area contributed by atoms with Crippen molar-refractivity contribution in [3.8, 4) is 0 Å². The van der Waals surface area contributed by atoms with Gasteiger partial charge in [-0.15, -0.1) is 0 Å². The van der Waals surface area contributed by atoms with E-state index in [1.807, 2.05) is 34.7 Å². The maximum Gasteiger partial charge on any atom is 0.509 e. The normalized spacial score (nSPS) is 27.5. The van der Waals surface area contributed by atoms with E-state index in [-0.39, 0.29) is 11.9 Å². The summed E-state index contributed by atoms with van der Waals surface area (Å²) in [6, 6.07) is 0. The molecular weight excluding hydrogens is 486 g/mol. The van der Waals surface area contributed by atoms with Gasteiger partial charge in [0, 0.05) is 22.6 Å². The Kier molecular flexibility index (Phi) is 5.38. The van der Waals surface area contributed by atoms with Crippen LogP contribution in [-0.4, -0.2) is 56.9 Å². The molecule has 9 nitrogen and oxygen atoms in total. The first-order valence-electron chi connectivity index (χ1n) is 8.68. The predicted molar refractivity (Wildman–Crippen MR) is 104 cm³/mol. The molecule has 1 fully saturated rings. The van der Waals surface area contributed by atoms with Crippen molar-refractivity contribution < 1.29 is 28.5 Å². The summed E-state index contributed by atoms with van der Waals surface area (Å²) < 4.78 is 33.4. The number of aromatic nitrogens is 3. The van der Waals surface area contributed by atoms with Crippen molar-refractivity contribution in [2.45, 2.75) is 43.6 Å². The van der Waals surface area contributed by atoms with Gasteiger partial charge in [0.1, 0.15) is 30.0 Å². The van der Waals surface area contributed by atoms with Gasteiger partial charge < -0.3 is 29.6 Å². The Labute approximate surface area is 172 Å². The molecule has 1 aliphatic carbocycles. The molecule has 0 bridgehead atoms. The number of aliphatic hydroxyl groups excluding tert-OH is 1. The van der Waals surface area contributed by atoms with E-state index in [1.165, 1.54) is 10.9 Å². The molecule has 0 saturated carbocycles. The lowest BCUT2D eigenvalue weighted by molar-refractivity contribution is -0.0597. The molecule has 4 rings (SSSR count). The lowest BCUT2D eigenvalue weighted by atomic mass is 10.1. The first-order valence-corrected chi connectivity index (χ1v) is 9.76. The maximum atomic E-state index is 15.2. The molecule has 0 spiro atoms. The highest BCUT2D eigenvalue weighted by molar-refractivity contribution is 14.1. The summed E-state index contributed by atoms with van der Waals surface area (Å²) in [6.07, 6.45) is 1.35. The molecule has 0 radical (unpaired) electrons. The number of hydrogen-bond donors (Lipinski definition) is 2. The third-order valence-corrected chi connectivity index (χ3v) is 5.59. The number of nitrogens with zero attached hydrogens (tertiary/aromatic N) is 3. The Bertz CT molecular complexity index is 914. The monoisotopic (exact) mass is 504 g/mol. The van der Waals surface area contributed by atoms with Gasteiger partial charge in [0.2, 0.25) is 0 Å². The molecule has 11 heteroatoms. The highest BCUT2D eigenvalue weighted by Gasteiger charge is 2.49. The fraction of sp³-hybridized carbons (Fsp3) is 0.471. The van der Waals surface area contributed by atoms with Crippen molar-refractivity contribution in [3.63, 3.8) is 0 Å². The summed E-state index contributed by atoms with van der Waals surface area (Å²) in [6.45, 7) is -0.521. The van der Waals surface area contributed by atoms with E-state index in [1.54, 1.807) is 6.20 Å². The molecule has 0 unspecified atom stereocenters. The molecule has 2 aliphatic rings. The molecular formula is C17H18FIN4O5. The van der Waals surface area contributed by atoms with Crippen LogP contribution in [0.5, 0.6) is 0 Å². The van der Waals surface area contributed by atoms with Crippen LogP contribution < -0.4 is 5.73 Å². The first kappa shape index (κ1) is 19.3. The van der Waals surface area contributed by atoms with Gasteiger partial charge in [-0.25, -0.2) is 19.2 Å². The lowest BCUT2D eigenvalue weighted by Crippen LogP contribution is -2.36. The van der Waals surface area contributed by atoms with Gasteiger partial charge in [0.05, 0.1) is 12.0 Å². The van der Waals surface area contributed by atoms with Crippen LogP contribution in [0.1, 0.15) is 19.1 Å². The van der Waals surface area contributed by atoms with E-state index in [4.69, 9.17) is 19.9 Å². The highest BCUT2D eigenvalue weighted by Crippen LogP contribution is 2.38. The van der Waals surface area contributed by atoms with Gasteiger partial charge in [-0.2, -0.15) is 0 Å². The lowest BCUT2D eigenvalue weighted by Gasteiger charge is -2.19. The third kappa shape index (κ3) is 3.42. The minimum Gasteiger partial charge on any atom is -0.430 e. The number of anilines is 1. The van der Waals surface area contributed by atoms with Crippen molar-refractivity contribution in [2.75, 3.05) is 12.3 Å². The van der Waals surface area contributed by atoms with Crippen LogP contribution in [0.15, 0.2) is 24.7 Å². The smallest absolute Gasteiger partial charge is 0.430 e. The Morgan fingerprint density at radius 3 is 2.86 bits per heavy atom. The summed E-state index contributed by atoms with van der Waals surface area (Å²) in [5.74, 6) is 0.266. The molecule has 4 atom stereocenters. The number of hydrogen-bond acceptors (Lipinski definition) is 8. The van der Waals surface area contributed by atoms with E-state index in [0.29, 0.717) is 23.9 Å². The number of carbonyl (C=O) groups is 1. The SMILES string of the molecule is Nc1ncnc2c1c(I)cn2[C@@H]1O[C@H](CO)[C@@H](OC(=O)OC2CC=CC2)[C@@H]1F. The molecule has 1 aliphatic heterocycles. The minimum atomic E-state index is -1.74. The van der Waals surface area contributed by atoms with Gasteiger partial charge in [0.15, 0.2) is 18.5 Å². The van der Waals surface area contributed by atoms with E-state index < -0.39 is 37.4 Å². The van der Waals surface area contributed by atoms with E-state index in [2.05, 4.69) is 9.97 Å². The van der Waals surface area contributed by atoms with Crippen molar-refractivity contribution in [2.24, 2.45) is 0 Å². The Hall–Kier alpha value is -1.99. The van der Waals surface area contributed by atoms with Crippen molar-refractivity contribution >= 4 is 45.6 Å². The number of halogens is 2. The largest absolute Gasteiger partial charge is 0.509 e. The van der Waals surface area contributed by atoms with Gasteiger partial charge >= 0.3 is 6.16 Å². The van der Waals surface area contributed by atoms with Crippen LogP contribution in [0, 0.1) is 3.57 Å². The average Bonchev–Trinajstić information content (AvgIpc) is 3.36. The second-order valence-corrected chi connectivity index (χ2v) is 7.71. The molecule has 2 aromatic rings. The molecule has 3 heterocycles. The number of rotatable bonds is 4. The van der Waals surface area contributed by atoms with Crippen LogP contribution in [0.3, 0.4) is 0 Å². The number of ether oxygens (including phenoxy) is 3. The molecule has 28 heavy (non-hydrogen) atoms. The Balaban J connectivity index is 1.55. The predicted octanol–water partition coefficient (Wildman–Crippen LogP) is 2.09. The van der Waals surface area contributed by atoms with Gasteiger partial charge in [-0.1, -0.05) is 12.2 Å². The van der Waals surface area contributed by atoms with Crippen LogP contribution in [-0.2, 0) is 14.2 Å². The Morgan fingerprint density at radius 2 is 2.14 bits per heavy atom. The van der Waals surface area contributed by atoms with Gasteiger partial charge in [0.25, 0.3) is 0 Å². The van der Waals surface area contributed by atoms with E-state index in [9.17, 15) is 9.90 Å². The molecule has 0 amide bonds. The quantitative estimate of drug-likeness (QED) is 0.369. The summed E-state index contributed by atoms with van der Waals surface area (Å²) >= 11 is 2.05. The van der Waals surface area contributed by atoms with Crippen LogP contribution in [0.25, 0.3) is 11.0 Å². The fourth-order valence-electron chi connectivity index (χ4n) is 3.43. The third-order valence-electron chi connectivity index (χ3n) is 4.77. The van der Waals surface area contributed by atoms with E-state index in [0.717, 1.165) is 3.57 Å². The minimum absolute atomic E-state index is 0.266. The fourth-order valence-corrected chi connectivity index (χ4v) is 4.24. The Morgan fingerprint density at radius 1 is 1.39 bits per heavy atom. The van der Waals surface area contributed by atoms with Crippen LogP contribution in [0.4, 0.5) is 15.0 Å². The van der Waals surface area contributed by atoms with Crippen molar-refractivity contribution in [1.29, 1.82) is 0 Å². The summed E-state index contributed by atoms with van der Waals surface area (Å²) in [4.78, 5) is 20.2. The standard InChI is InChI=1S/C17H18FIN4O5/c18-12-13(28-17(25)26-8-3-1-2-4-8)10(6-24)27-16(12)23-5-9(19)11-14(20)21-7-22-15(11)23/h1-2,5,7-8,10,12-13,16,24H,3-4,6H2,(H2,20,21,22)/t10-,12+,13-,16-/m1/s1. The molecule has 2 aromatic heterocycles. The topological polar surface area (TPSA) is 122 Å². The summed E-state index contributed by atoms with van der Waals surface area (Å²) in [5, 5.41) is 10.2.